The van der Waals surface area contributed by atoms with Crippen molar-refractivity contribution < 1.29 is 13.2 Å². The number of alkyl halides is 3. The van der Waals surface area contributed by atoms with E-state index in [0.29, 0.717) is 0 Å². The van der Waals surface area contributed by atoms with Crippen LogP contribution in [-0.4, -0.2) is 6.18 Å². The fourth-order valence-corrected chi connectivity index (χ4v) is 3.49. The zero-order valence-electron chi connectivity index (χ0n) is 11.1. The van der Waals surface area contributed by atoms with Gasteiger partial charge in [0.25, 0.3) is 0 Å². The fraction of sp³-hybridized carbons (Fsp3) is 0.733. The van der Waals surface area contributed by atoms with E-state index < -0.39 is 11.7 Å². The van der Waals surface area contributed by atoms with E-state index >= 15 is 0 Å². The molecule has 1 saturated carbocycles. The smallest absolute Gasteiger partial charge is 0.166 e. The molecule has 2 aliphatic rings. The Morgan fingerprint density at radius 3 is 2.33 bits per heavy atom. The highest BCUT2D eigenvalue weighted by atomic mass is 19.4. The molecule has 0 amide bonds. The second-order valence-electron chi connectivity index (χ2n) is 6.08. The van der Waals surface area contributed by atoms with Gasteiger partial charge in [-0.15, -0.1) is 0 Å². The van der Waals surface area contributed by atoms with Crippen LogP contribution in [0, 0.1) is 17.3 Å². The van der Waals surface area contributed by atoms with E-state index in [4.69, 9.17) is 0 Å². The van der Waals surface area contributed by atoms with Gasteiger partial charge in [0.2, 0.25) is 0 Å². The number of halogens is 3. The molecule has 1 fully saturated rings. The Morgan fingerprint density at radius 1 is 1.17 bits per heavy atom. The first-order valence-corrected chi connectivity index (χ1v) is 6.80. The maximum Gasteiger partial charge on any atom is 0.416 e. The minimum absolute atomic E-state index is 0.0272. The van der Waals surface area contributed by atoms with E-state index in [1.54, 1.807) is 6.08 Å². The number of hydrogen-bond donors (Lipinski definition) is 0. The first-order valence-electron chi connectivity index (χ1n) is 6.80. The summed E-state index contributed by atoms with van der Waals surface area (Å²) in [6.07, 6.45) is 5.88. The van der Waals surface area contributed by atoms with Gasteiger partial charge in [0, 0.05) is 0 Å². The fourth-order valence-electron chi connectivity index (χ4n) is 3.49. The van der Waals surface area contributed by atoms with Crippen LogP contribution in [0.5, 0.6) is 0 Å². The van der Waals surface area contributed by atoms with Gasteiger partial charge in [-0.2, -0.15) is 13.2 Å². The van der Waals surface area contributed by atoms with Gasteiger partial charge in [0.15, 0.2) is 0 Å². The molecule has 0 aromatic heterocycles. The van der Waals surface area contributed by atoms with Crippen molar-refractivity contribution in [3.8, 4) is 0 Å². The van der Waals surface area contributed by atoms with E-state index in [1.807, 2.05) is 6.92 Å². The molecule has 2 rings (SSSR count). The molecule has 0 saturated heterocycles. The molecule has 0 aromatic rings. The molecule has 3 heteroatoms. The van der Waals surface area contributed by atoms with Gasteiger partial charge in [0.05, 0.1) is 5.57 Å². The molecule has 0 aliphatic heterocycles. The summed E-state index contributed by atoms with van der Waals surface area (Å²) in [7, 11) is 0. The van der Waals surface area contributed by atoms with E-state index in [-0.39, 0.29) is 17.3 Å². The molecule has 0 spiro atoms. The van der Waals surface area contributed by atoms with Crippen LogP contribution >= 0.6 is 0 Å². The molecule has 0 bridgehead atoms. The first kappa shape index (κ1) is 13.7. The summed E-state index contributed by atoms with van der Waals surface area (Å²) in [6.45, 7) is 4.20. The van der Waals surface area contributed by atoms with Crippen LogP contribution in [0.1, 0.15) is 46.0 Å². The molecule has 2 aliphatic carbocycles. The lowest BCUT2D eigenvalue weighted by atomic mass is 9.62. The van der Waals surface area contributed by atoms with Crippen LogP contribution in [-0.2, 0) is 0 Å². The Hall–Kier alpha value is -0.730. The highest BCUT2D eigenvalue weighted by Crippen LogP contribution is 2.48. The van der Waals surface area contributed by atoms with Crippen molar-refractivity contribution in [2.75, 3.05) is 0 Å². The van der Waals surface area contributed by atoms with Gasteiger partial charge in [-0.05, 0) is 30.1 Å². The number of hydrogen-bond acceptors (Lipinski definition) is 0. The maximum atomic E-state index is 12.8. The van der Waals surface area contributed by atoms with E-state index in [2.05, 4.69) is 6.92 Å². The minimum atomic E-state index is -4.21. The number of rotatable bonds is 1. The molecule has 2 unspecified atom stereocenters. The molecule has 0 radical (unpaired) electrons. The van der Waals surface area contributed by atoms with Gasteiger partial charge in [-0.25, -0.2) is 0 Å². The van der Waals surface area contributed by atoms with Crippen molar-refractivity contribution in [2.24, 2.45) is 17.3 Å². The summed E-state index contributed by atoms with van der Waals surface area (Å²) >= 11 is 0. The summed E-state index contributed by atoms with van der Waals surface area (Å²) in [6, 6.07) is 0. The van der Waals surface area contributed by atoms with Crippen LogP contribution < -0.4 is 0 Å². The lowest BCUT2D eigenvalue weighted by Gasteiger charge is -2.43. The molecule has 0 heterocycles. The molecule has 2 atom stereocenters. The highest BCUT2D eigenvalue weighted by molar-refractivity contribution is 5.30. The van der Waals surface area contributed by atoms with Crippen LogP contribution in [0.2, 0.25) is 0 Å². The zero-order chi connectivity index (χ0) is 13.4. The van der Waals surface area contributed by atoms with Crippen molar-refractivity contribution in [1.29, 1.82) is 0 Å². The molecule has 102 valence electrons. The van der Waals surface area contributed by atoms with Gasteiger partial charge in [-0.3, -0.25) is 0 Å². The van der Waals surface area contributed by atoms with Gasteiger partial charge >= 0.3 is 6.18 Å². The Labute approximate surface area is 107 Å². The Balaban J connectivity index is 2.25. The average molecular weight is 258 g/mol. The van der Waals surface area contributed by atoms with Gasteiger partial charge < -0.3 is 0 Å². The van der Waals surface area contributed by atoms with Gasteiger partial charge in [-0.1, -0.05) is 51.3 Å². The van der Waals surface area contributed by atoms with Crippen LogP contribution in [0.4, 0.5) is 13.2 Å². The summed E-state index contributed by atoms with van der Waals surface area (Å²) in [5.41, 5.74) is -0.420. The SMILES string of the molecule is CC1C=CC(C(F)(F)F)=CC1C1(C)CCCCC1. The minimum Gasteiger partial charge on any atom is -0.166 e. The molecule has 0 nitrogen and oxygen atoms in total. The summed E-state index contributed by atoms with van der Waals surface area (Å²) in [4.78, 5) is 0. The lowest BCUT2D eigenvalue weighted by molar-refractivity contribution is -0.0896. The predicted octanol–water partition coefficient (Wildman–Crippen LogP) is 5.27. The van der Waals surface area contributed by atoms with Crippen molar-refractivity contribution >= 4 is 0 Å². The normalized spacial score (nSPS) is 32.2. The zero-order valence-corrected chi connectivity index (χ0v) is 11.1. The lowest BCUT2D eigenvalue weighted by Crippen LogP contribution is -2.34. The molecular formula is C15H21F3. The summed E-state index contributed by atoms with van der Waals surface area (Å²) in [5.74, 6) is 0.235. The van der Waals surface area contributed by atoms with E-state index in [0.717, 1.165) is 25.7 Å². The first-order chi connectivity index (χ1) is 8.33. The Kier molecular flexibility index (Phi) is 3.61. The van der Waals surface area contributed by atoms with Crippen molar-refractivity contribution in [3.63, 3.8) is 0 Å². The van der Waals surface area contributed by atoms with Crippen molar-refractivity contribution in [1.82, 2.24) is 0 Å². The largest absolute Gasteiger partial charge is 0.416 e. The molecule has 0 aromatic carbocycles. The maximum absolute atomic E-state index is 12.8. The Bertz CT molecular complexity index is 356. The van der Waals surface area contributed by atoms with E-state index in [1.165, 1.54) is 18.6 Å². The molecular weight excluding hydrogens is 237 g/mol. The second-order valence-corrected chi connectivity index (χ2v) is 6.08. The second kappa shape index (κ2) is 4.75. The topological polar surface area (TPSA) is 0 Å². The predicted molar refractivity (Wildman–Crippen MR) is 67.1 cm³/mol. The third kappa shape index (κ3) is 2.65. The Morgan fingerprint density at radius 2 is 1.78 bits per heavy atom. The quantitative estimate of drug-likeness (QED) is 0.601. The third-order valence-electron chi connectivity index (χ3n) is 4.63. The third-order valence-corrected chi connectivity index (χ3v) is 4.63. The summed E-state index contributed by atoms with van der Waals surface area (Å²) < 4.78 is 38.4. The van der Waals surface area contributed by atoms with Crippen molar-refractivity contribution in [2.45, 2.75) is 52.1 Å². The standard InChI is InChI=1S/C15H21F3/c1-11-6-7-12(15(16,17)18)10-13(11)14(2)8-4-3-5-9-14/h6-7,10-11,13H,3-5,8-9H2,1-2H3. The molecule has 18 heavy (non-hydrogen) atoms. The molecule has 0 N–H and O–H groups in total. The van der Waals surface area contributed by atoms with Crippen LogP contribution in [0.15, 0.2) is 23.8 Å². The highest BCUT2D eigenvalue weighted by Gasteiger charge is 2.41. The number of allylic oxidation sites excluding steroid dienone is 4. The van der Waals surface area contributed by atoms with Crippen LogP contribution in [0.25, 0.3) is 0 Å². The average Bonchev–Trinajstić information content (AvgIpc) is 2.28. The summed E-state index contributed by atoms with van der Waals surface area (Å²) in [5, 5.41) is 0. The monoisotopic (exact) mass is 258 g/mol. The van der Waals surface area contributed by atoms with Gasteiger partial charge in [0.1, 0.15) is 0 Å². The van der Waals surface area contributed by atoms with Crippen LogP contribution in [0.3, 0.4) is 0 Å². The van der Waals surface area contributed by atoms with E-state index in [9.17, 15) is 13.2 Å². The van der Waals surface area contributed by atoms with Crippen molar-refractivity contribution in [3.05, 3.63) is 23.8 Å².